The summed E-state index contributed by atoms with van der Waals surface area (Å²) in [5.74, 6) is 3.73. The Bertz CT molecular complexity index is 452. The molecule has 0 saturated carbocycles. The van der Waals surface area contributed by atoms with Gasteiger partial charge >= 0.3 is 0 Å². The highest BCUT2D eigenvalue weighted by molar-refractivity contribution is 7.99. The molecule has 0 radical (unpaired) electrons. The molecule has 2 heterocycles. The minimum Gasteiger partial charge on any atom is -0.487 e. The van der Waals surface area contributed by atoms with Gasteiger partial charge in [0.25, 0.3) is 0 Å². The minimum atomic E-state index is -0.0418. The fourth-order valence-corrected chi connectivity index (χ4v) is 4.08. The molecule has 2 aliphatic rings. The average molecular weight is 277 g/mol. The second kappa shape index (κ2) is 5.37. The number of nitrogens with one attached hydrogen (secondary N) is 1. The van der Waals surface area contributed by atoms with Crippen LogP contribution in [-0.4, -0.2) is 23.1 Å². The number of para-hydroxylation sites is 1. The van der Waals surface area contributed by atoms with Gasteiger partial charge in [-0.3, -0.25) is 0 Å². The molecule has 0 aliphatic carbocycles. The Kier molecular flexibility index (Phi) is 3.77. The zero-order chi connectivity index (χ0) is 13.3. The SMILES string of the molecule is CC1(C)Cc2cccc(CNC3CCSCC3)c2O1. The molecular weight excluding hydrogens is 254 g/mol. The van der Waals surface area contributed by atoms with Crippen molar-refractivity contribution in [1.82, 2.24) is 5.32 Å². The van der Waals surface area contributed by atoms with Crippen molar-refractivity contribution in [2.45, 2.75) is 51.3 Å². The van der Waals surface area contributed by atoms with E-state index in [1.807, 2.05) is 0 Å². The quantitative estimate of drug-likeness (QED) is 0.915. The molecule has 1 aromatic rings. The Morgan fingerprint density at radius 3 is 2.89 bits per heavy atom. The smallest absolute Gasteiger partial charge is 0.127 e. The second-order valence-electron chi connectivity index (χ2n) is 6.21. The largest absolute Gasteiger partial charge is 0.487 e. The fraction of sp³-hybridized carbons (Fsp3) is 0.625. The van der Waals surface area contributed by atoms with Crippen LogP contribution >= 0.6 is 11.8 Å². The fourth-order valence-electron chi connectivity index (χ4n) is 2.97. The Hall–Kier alpha value is -0.670. The first-order chi connectivity index (χ1) is 9.14. The van der Waals surface area contributed by atoms with Crippen LogP contribution in [0.2, 0.25) is 0 Å². The summed E-state index contributed by atoms with van der Waals surface area (Å²) >= 11 is 2.08. The van der Waals surface area contributed by atoms with Gasteiger partial charge in [0.1, 0.15) is 11.4 Å². The number of benzene rings is 1. The molecule has 0 amide bonds. The monoisotopic (exact) mass is 277 g/mol. The number of rotatable bonds is 3. The van der Waals surface area contributed by atoms with Crippen molar-refractivity contribution in [3.05, 3.63) is 29.3 Å². The summed E-state index contributed by atoms with van der Waals surface area (Å²) in [6, 6.07) is 7.25. The Morgan fingerprint density at radius 1 is 1.32 bits per heavy atom. The highest BCUT2D eigenvalue weighted by Crippen LogP contribution is 2.37. The lowest BCUT2D eigenvalue weighted by atomic mass is 10.0. The van der Waals surface area contributed by atoms with Crippen molar-refractivity contribution in [3.8, 4) is 5.75 Å². The first-order valence-corrected chi connectivity index (χ1v) is 8.40. The van der Waals surface area contributed by atoms with Gasteiger partial charge in [0.2, 0.25) is 0 Å². The van der Waals surface area contributed by atoms with E-state index < -0.39 is 0 Å². The van der Waals surface area contributed by atoms with Gasteiger partial charge in [-0.05, 0) is 43.8 Å². The van der Waals surface area contributed by atoms with Crippen molar-refractivity contribution in [2.24, 2.45) is 0 Å². The molecule has 104 valence electrons. The van der Waals surface area contributed by atoms with Crippen molar-refractivity contribution >= 4 is 11.8 Å². The summed E-state index contributed by atoms with van der Waals surface area (Å²) in [6.45, 7) is 5.28. The number of fused-ring (bicyclic) bond motifs is 1. The first kappa shape index (κ1) is 13.3. The Balaban J connectivity index is 1.67. The van der Waals surface area contributed by atoms with E-state index in [9.17, 15) is 0 Å². The lowest BCUT2D eigenvalue weighted by Gasteiger charge is -2.23. The molecule has 0 unspecified atom stereocenters. The number of hydrogen-bond acceptors (Lipinski definition) is 3. The molecule has 0 spiro atoms. The third-order valence-electron chi connectivity index (χ3n) is 3.98. The molecule has 1 aromatic carbocycles. The zero-order valence-electron chi connectivity index (χ0n) is 11.9. The van der Waals surface area contributed by atoms with E-state index in [1.54, 1.807) is 0 Å². The molecule has 1 N–H and O–H groups in total. The van der Waals surface area contributed by atoms with Crippen LogP contribution in [0.3, 0.4) is 0 Å². The third-order valence-corrected chi connectivity index (χ3v) is 5.02. The van der Waals surface area contributed by atoms with Crippen molar-refractivity contribution in [3.63, 3.8) is 0 Å². The molecule has 1 saturated heterocycles. The lowest BCUT2D eigenvalue weighted by molar-refractivity contribution is 0.137. The molecule has 3 rings (SSSR count). The molecule has 0 aromatic heterocycles. The summed E-state index contributed by atoms with van der Waals surface area (Å²) in [5.41, 5.74) is 2.64. The van der Waals surface area contributed by atoms with Crippen molar-refractivity contribution < 1.29 is 4.74 Å². The molecule has 2 aliphatic heterocycles. The van der Waals surface area contributed by atoms with Crippen molar-refractivity contribution in [2.75, 3.05) is 11.5 Å². The molecule has 0 bridgehead atoms. The van der Waals surface area contributed by atoms with E-state index in [0.717, 1.165) is 18.7 Å². The van der Waals surface area contributed by atoms with Gasteiger partial charge in [-0.25, -0.2) is 0 Å². The van der Waals surface area contributed by atoms with Crippen LogP contribution in [0.1, 0.15) is 37.8 Å². The number of thioether (sulfide) groups is 1. The van der Waals surface area contributed by atoms with Gasteiger partial charge in [-0.1, -0.05) is 18.2 Å². The van der Waals surface area contributed by atoms with Gasteiger partial charge in [0.05, 0.1) is 0 Å². The third kappa shape index (κ3) is 3.09. The topological polar surface area (TPSA) is 21.3 Å². The Morgan fingerprint density at radius 2 is 2.11 bits per heavy atom. The van der Waals surface area contributed by atoms with E-state index in [-0.39, 0.29) is 5.60 Å². The minimum absolute atomic E-state index is 0.0418. The first-order valence-electron chi connectivity index (χ1n) is 7.25. The highest BCUT2D eigenvalue weighted by Gasteiger charge is 2.31. The van der Waals surface area contributed by atoms with Crippen LogP contribution in [0.25, 0.3) is 0 Å². The van der Waals surface area contributed by atoms with Gasteiger partial charge in [-0.15, -0.1) is 0 Å². The lowest BCUT2D eigenvalue weighted by Crippen LogP contribution is -2.32. The molecule has 0 atom stereocenters. The molecule has 2 nitrogen and oxygen atoms in total. The van der Waals surface area contributed by atoms with Gasteiger partial charge in [-0.2, -0.15) is 11.8 Å². The number of ether oxygens (including phenoxy) is 1. The summed E-state index contributed by atoms with van der Waals surface area (Å²) in [6.07, 6.45) is 3.62. The van der Waals surface area contributed by atoms with Gasteiger partial charge in [0, 0.05) is 24.6 Å². The standard InChI is InChI=1S/C16H23NOS/c1-16(2)10-12-4-3-5-13(15(12)18-16)11-17-14-6-8-19-9-7-14/h3-5,14,17H,6-11H2,1-2H3. The number of hydrogen-bond donors (Lipinski definition) is 1. The van der Waals surface area contributed by atoms with E-state index in [1.165, 1.54) is 35.5 Å². The van der Waals surface area contributed by atoms with Crippen LogP contribution in [0.5, 0.6) is 5.75 Å². The molecule has 19 heavy (non-hydrogen) atoms. The van der Waals surface area contributed by atoms with Crippen LogP contribution < -0.4 is 10.1 Å². The Labute approximate surface area is 120 Å². The van der Waals surface area contributed by atoms with Crippen LogP contribution in [0, 0.1) is 0 Å². The maximum atomic E-state index is 6.12. The molecular formula is C16H23NOS. The van der Waals surface area contributed by atoms with Crippen LogP contribution in [0.4, 0.5) is 0 Å². The summed E-state index contributed by atoms with van der Waals surface area (Å²) in [7, 11) is 0. The predicted octanol–water partition coefficient (Wildman–Crippen LogP) is 3.39. The van der Waals surface area contributed by atoms with Crippen LogP contribution in [0.15, 0.2) is 18.2 Å². The van der Waals surface area contributed by atoms with E-state index in [2.05, 4.69) is 49.1 Å². The summed E-state index contributed by atoms with van der Waals surface area (Å²) in [5, 5.41) is 3.70. The van der Waals surface area contributed by atoms with E-state index >= 15 is 0 Å². The maximum Gasteiger partial charge on any atom is 0.127 e. The normalized spacial score (nSPS) is 22.0. The second-order valence-corrected chi connectivity index (χ2v) is 7.44. The van der Waals surface area contributed by atoms with Crippen molar-refractivity contribution in [1.29, 1.82) is 0 Å². The average Bonchev–Trinajstić information content (AvgIpc) is 2.72. The highest BCUT2D eigenvalue weighted by atomic mass is 32.2. The molecule has 3 heteroatoms. The van der Waals surface area contributed by atoms with E-state index in [4.69, 9.17) is 4.74 Å². The maximum absolute atomic E-state index is 6.12. The predicted molar refractivity (Wildman–Crippen MR) is 82.0 cm³/mol. The molecule has 1 fully saturated rings. The summed E-state index contributed by atoms with van der Waals surface area (Å²) in [4.78, 5) is 0. The van der Waals surface area contributed by atoms with E-state index in [0.29, 0.717) is 6.04 Å². The zero-order valence-corrected chi connectivity index (χ0v) is 12.7. The summed E-state index contributed by atoms with van der Waals surface area (Å²) < 4.78 is 6.12. The van der Waals surface area contributed by atoms with Gasteiger partial charge < -0.3 is 10.1 Å². The van der Waals surface area contributed by atoms with Crippen LogP contribution in [-0.2, 0) is 13.0 Å². The van der Waals surface area contributed by atoms with Gasteiger partial charge in [0.15, 0.2) is 0 Å².